The first-order valence-electron chi connectivity index (χ1n) is 6.50. The molecule has 1 atom stereocenters. The quantitative estimate of drug-likeness (QED) is 0.632. The van der Waals surface area contributed by atoms with Crippen molar-refractivity contribution >= 4 is 17.3 Å². The normalized spacial score (nSPS) is 18.6. The van der Waals surface area contributed by atoms with Gasteiger partial charge in [0.25, 0.3) is 0 Å². The van der Waals surface area contributed by atoms with Crippen molar-refractivity contribution in [3.63, 3.8) is 0 Å². The van der Waals surface area contributed by atoms with Crippen LogP contribution in [0.25, 0.3) is 0 Å². The average Bonchev–Trinajstić information content (AvgIpc) is 2.86. The van der Waals surface area contributed by atoms with Crippen LogP contribution < -0.4 is 10.6 Å². The fraction of sp³-hybridized carbons (Fsp3) is 0.500. The number of carbonyl (C=O) groups excluding carboxylic acids is 1. The molecule has 5 nitrogen and oxygen atoms in total. The molecule has 2 rings (SSSR count). The molecule has 0 saturated carbocycles. The van der Waals surface area contributed by atoms with Crippen molar-refractivity contribution in [3.8, 4) is 0 Å². The molecule has 0 amide bonds. The fourth-order valence-corrected chi connectivity index (χ4v) is 2.64. The van der Waals surface area contributed by atoms with Gasteiger partial charge >= 0.3 is 5.97 Å². The van der Waals surface area contributed by atoms with Gasteiger partial charge in [0.1, 0.15) is 0 Å². The van der Waals surface area contributed by atoms with Gasteiger partial charge in [0.2, 0.25) is 0 Å². The van der Waals surface area contributed by atoms with Crippen LogP contribution >= 0.6 is 0 Å². The third-order valence-electron chi connectivity index (χ3n) is 3.61. The number of aliphatic hydroxyl groups excluding tert-OH is 1. The molecule has 1 fully saturated rings. The third kappa shape index (κ3) is 2.81. The molecule has 19 heavy (non-hydrogen) atoms. The summed E-state index contributed by atoms with van der Waals surface area (Å²) in [5, 5.41) is 9.00. The number of esters is 1. The maximum absolute atomic E-state index is 11.8. The van der Waals surface area contributed by atoms with Crippen molar-refractivity contribution in [1.82, 2.24) is 0 Å². The minimum Gasteiger partial charge on any atom is -0.465 e. The Morgan fingerprint density at radius 1 is 1.58 bits per heavy atom. The summed E-state index contributed by atoms with van der Waals surface area (Å²) < 4.78 is 4.80. The number of hydrogen-bond acceptors (Lipinski definition) is 5. The lowest BCUT2D eigenvalue weighted by molar-refractivity contribution is 0.0601. The van der Waals surface area contributed by atoms with Gasteiger partial charge in [-0.05, 0) is 30.9 Å². The lowest BCUT2D eigenvalue weighted by atomic mass is 10.1. The van der Waals surface area contributed by atoms with Gasteiger partial charge in [-0.25, -0.2) is 4.79 Å². The summed E-state index contributed by atoms with van der Waals surface area (Å²) in [4.78, 5) is 13.9. The number of anilines is 2. The summed E-state index contributed by atoms with van der Waals surface area (Å²) in [6.07, 6.45) is 1.80. The SMILES string of the molecule is COC(=O)c1cccc(N)c1N1CCC(CCO)C1. The van der Waals surface area contributed by atoms with Crippen LogP contribution in [-0.2, 0) is 4.74 Å². The molecule has 0 aliphatic carbocycles. The van der Waals surface area contributed by atoms with Crippen LogP contribution in [0.1, 0.15) is 23.2 Å². The van der Waals surface area contributed by atoms with Crippen LogP contribution in [-0.4, -0.2) is 37.9 Å². The van der Waals surface area contributed by atoms with Crippen LogP contribution in [0.2, 0.25) is 0 Å². The molecule has 1 saturated heterocycles. The topological polar surface area (TPSA) is 75.8 Å². The molecule has 1 aromatic rings. The molecule has 0 radical (unpaired) electrons. The van der Waals surface area contributed by atoms with E-state index >= 15 is 0 Å². The van der Waals surface area contributed by atoms with Crippen LogP contribution in [0.4, 0.5) is 11.4 Å². The summed E-state index contributed by atoms with van der Waals surface area (Å²) in [6, 6.07) is 5.28. The Hall–Kier alpha value is -1.75. The number of methoxy groups -OCH3 is 1. The Labute approximate surface area is 113 Å². The van der Waals surface area contributed by atoms with Crippen LogP contribution in [0, 0.1) is 5.92 Å². The van der Waals surface area contributed by atoms with Crippen molar-refractivity contribution in [3.05, 3.63) is 23.8 Å². The number of benzene rings is 1. The van der Waals surface area contributed by atoms with E-state index in [0.717, 1.165) is 31.6 Å². The van der Waals surface area contributed by atoms with E-state index in [1.165, 1.54) is 7.11 Å². The molecule has 3 N–H and O–H groups in total. The Morgan fingerprint density at radius 2 is 2.37 bits per heavy atom. The number of nitrogens with two attached hydrogens (primary N) is 1. The number of para-hydroxylation sites is 1. The number of aliphatic hydroxyl groups is 1. The molecule has 1 aromatic carbocycles. The first kappa shape index (κ1) is 13.7. The predicted molar refractivity (Wildman–Crippen MR) is 74.2 cm³/mol. The standard InChI is InChI=1S/C14H20N2O3/c1-19-14(18)11-3-2-4-12(15)13(11)16-7-5-10(9-16)6-8-17/h2-4,10,17H,5-9,15H2,1H3. The Kier molecular flexibility index (Phi) is 4.27. The van der Waals surface area contributed by atoms with Gasteiger partial charge in [0.05, 0.1) is 24.0 Å². The van der Waals surface area contributed by atoms with E-state index in [2.05, 4.69) is 4.90 Å². The number of nitrogen functional groups attached to an aromatic ring is 1. The number of carbonyl (C=O) groups is 1. The summed E-state index contributed by atoms with van der Waals surface area (Å²) >= 11 is 0. The van der Waals surface area contributed by atoms with E-state index in [1.54, 1.807) is 18.2 Å². The molecule has 5 heteroatoms. The van der Waals surface area contributed by atoms with Gasteiger partial charge in [-0.15, -0.1) is 0 Å². The molecule has 0 aromatic heterocycles. The van der Waals surface area contributed by atoms with Gasteiger partial charge in [-0.2, -0.15) is 0 Å². The van der Waals surface area contributed by atoms with Crippen molar-refractivity contribution < 1.29 is 14.6 Å². The van der Waals surface area contributed by atoms with Crippen LogP contribution in [0.3, 0.4) is 0 Å². The monoisotopic (exact) mass is 264 g/mol. The van der Waals surface area contributed by atoms with Crippen LogP contribution in [0.15, 0.2) is 18.2 Å². The van der Waals surface area contributed by atoms with E-state index in [9.17, 15) is 4.79 Å². The van der Waals surface area contributed by atoms with Gasteiger partial charge < -0.3 is 20.5 Å². The predicted octanol–water partition coefficient (Wildman–Crippen LogP) is 1.26. The highest BCUT2D eigenvalue weighted by Crippen LogP contribution is 2.33. The molecule has 104 valence electrons. The van der Waals surface area contributed by atoms with E-state index in [0.29, 0.717) is 17.2 Å². The Balaban J connectivity index is 2.27. The van der Waals surface area contributed by atoms with Gasteiger partial charge in [0.15, 0.2) is 0 Å². The summed E-state index contributed by atoms with van der Waals surface area (Å²) in [6.45, 7) is 1.87. The molecule has 0 bridgehead atoms. The molecule has 1 aliphatic rings. The van der Waals surface area contributed by atoms with E-state index in [4.69, 9.17) is 15.6 Å². The summed E-state index contributed by atoms with van der Waals surface area (Å²) in [5.41, 5.74) is 7.87. The second kappa shape index (κ2) is 5.93. The molecular formula is C14H20N2O3. The van der Waals surface area contributed by atoms with E-state index < -0.39 is 0 Å². The Bertz CT molecular complexity index is 462. The molecule has 1 aliphatic heterocycles. The second-order valence-corrected chi connectivity index (χ2v) is 4.85. The number of hydrogen-bond donors (Lipinski definition) is 2. The lowest BCUT2D eigenvalue weighted by Crippen LogP contribution is -2.24. The molecular weight excluding hydrogens is 244 g/mol. The van der Waals surface area contributed by atoms with Crippen LogP contribution in [0.5, 0.6) is 0 Å². The highest BCUT2D eigenvalue weighted by Gasteiger charge is 2.27. The first-order chi connectivity index (χ1) is 9.17. The van der Waals surface area contributed by atoms with Crippen molar-refractivity contribution in [2.24, 2.45) is 5.92 Å². The molecule has 0 spiro atoms. The minimum atomic E-state index is -0.368. The van der Waals surface area contributed by atoms with E-state index in [1.807, 2.05) is 0 Å². The van der Waals surface area contributed by atoms with Gasteiger partial charge in [-0.3, -0.25) is 0 Å². The maximum Gasteiger partial charge on any atom is 0.340 e. The number of ether oxygens (including phenoxy) is 1. The zero-order valence-electron chi connectivity index (χ0n) is 11.1. The summed E-state index contributed by atoms with van der Waals surface area (Å²) in [7, 11) is 1.37. The zero-order chi connectivity index (χ0) is 13.8. The maximum atomic E-state index is 11.8. The van der Waals surface area contributed by atoms with Crippen molar-refractivity contribution in [1.29, 1.82) is 0 Å². The zero-order valence-corrected chi connectivity index (χ0v) is 11.1. The summed E-state index contributed by atoms with van der Waals surface area (Å²) in [5.74, 6) is 0.0861. The minimum absolute atomic E-state index is 0.201. The van der Waals surface area contributed by atoms with Crippen molar-refractivity contribution in [2.45, 2.75) is 12.8 Å². The smallest absolute Gasteiger partial charge is 0.340 e. The second-order valence-electron chi connectivity index (χ2n) is 4.85. The molecule has 1 unspecified atom stereocenters. The Morgan fingerprint density at radius 3 is 3.05 bits per heavy atom. The van der Waals surface area contributed by atoms with Gasteiger partial charge in [0, 0.05) is 19.7 Å². The van der Waals surface area contributed by atoms with E-state index in [-0.39, 0.29) is 12.6 Å². The largest absolute Gasteiger partial charge is 0.465 e. The molecule has 1 heterocycles. The highest BCUT2D eigenvalue weighted by atomic mass is 16.5. The van der Waals surface area contributed by atoms with Crippen molar-refractivity contribution in [2.75, 3.05) is 37.4 Å². The first-order valence-corrected chi connectivity index (χ1v) is 6.50. The fourth-order valence-electron chi connectivity index (χ4n) is 2.64. The number of rotatable bonds is 4. The number of nitrogens with zero attached hydrogens (tertiary/aromatic N) is 1. The van der Waals surface area contributed by atoms with Gasteiger partial charge in [-0.1, -0.05) is 6.07 Å². The highest BCUT2D eigenvalue weighted by molar-refractivity contribution is 5.99. The lowest BCUT2D eigenvalue weighted by Gasteiger charge is -2.23. The average molecular weight is 264 g/mol. The third-order valence-corrected chi connectivity index (χ3v) is 3.61.